The molecule has 0 N–H and O–H groups in total. The minimum absolute atomic E-state index is 0.0621. The molecule has 0 amide bonds. The maximum absolute atomic E-state index is 13.7. The molecule has 0 aliphatic carbocycles. The second kappa shape index (κ2) is 6.01. The predicted molar refractivity (Wildman–Crippen MR) is 77.3 cm³/mol. The molecular formula is C14H9BrFNO4. The largest absolute Gasteiger partial charge is 0.449 e. The summed E-state index contributed by atoms with van der Waals surface area (Å²) >= 11 is 3.13. The average molecular weight is 354 g/mol. The van der Waals surface area contributed by atoms with Gasteiger partial charge in [0.25, 0.3) is 0 Å². The standard InChI is InChI=1S/C14H9BrFNO4/c1-8(18)14-10(16)3-2-4-13(14)21-12-6-5-9(15)7-11(12)17(19)20/h2-7H,1H3. The fourth-order valence-electron chi connectivity index (χ4n) is 1.77. The molecule has 21 heavy (non-hydrogen) atoms. The van der Waals surface area contributed by atoms with E-state index in [0.717, 1.165) is 6.07 Å². The van der Waals surface area contributed by atoms with Crippen LogP contribution in [0, 0.1) is 15.9 Å². The first-order valence-corrected chi connectivity index (χ1v) is 6.60. The first-order valence-electron chi connectivity index (χ1n) is 5.81. The first kappa shape index (κ1) is 15.1. The number of ketones is 1. The van der Waals surface area contributed by atoms with Crippen LogP contribution in [0.3, 0.4) is 0 Å². The molecule has 108 valence electrons. The maximum atomic E-state index is 13.7. The number of ether oxygens (including phenoxy) is 1. The number of nitro benzene ring substituents is 1. The zero-order valence-electron chi connectivity index (χ0n) is 10.8. The van der Waals surface area contributed by atoms with E-state index in [4.69, 9.17) is 4.74 Å². The van der Waals surface area contributed by atoms with E-state index in [1.54, 1.807) is 6.07 Å². The molecule has 0 saturated carbocycles. The molecule has 0 unspecified atom stereocenters. The third kappa shape index (κ3) is 3.25. The van der Waals surface area contributed by atoms with Crippen molar-refractivity contribution in [1.29, 1.82) is 0 Å². The van der Waals surface area contributed by atoms with E-state index < -0.39 is 16.5 Å². The van der Waals surface area contributed by atoms with E-state index in [1.165, 1.54) is 31.2 Å². The molecule has 0 saturated heterocycles. The zero-order valence-corrected chi connectivity index (χ0v) is 12.4. The molecular weight excluding hydrogens is 345 g/mol. The van der Waals surface area contributed by atoms with E-state index in [-0.39, 0.29) is 22.7 Å². The van der Waals surface area contributed by atoms with Gasteiger partial charge in [0.05, 0.1) is 10.5 Å². The Hall–Kier alpha value is -2.28. The van der Waals surface area contributed by atoms with Crippen molar-refractivity contribution in [1.82, 2.24) is 0 Å². The number of hydrogen-bond donors (Lipinski definition) is 0. The lowest BCUT2D eigenvalue weighted by atomic mass is 10.1. The molecule has 2 rings (SSSR count). The lowest BCUT2D eigenvalue weighted by Crippen LogP contribution is -2.02. The fourth-order valence-corrected chi connectivity index (χ4v) is 2.12. The first-order chi connectivity index (χ1) is 9.90. The van der Waals surface area contributed by atoms with Crippen LogP contribution in [0.2, 0.25) is 0 Å². The molecule has 0 fully saturated rings. The number of carbonyl (C=O) groups is 1. The number of carbonyl (C=O) groups excluding carboxylic acids is 1. The molecule has 0 aliphatic rings. The molecule has 0 atom stereocenters. The van der Waals surface area contributed by atoms with E-state index in [2.05, 4.69) is 15.9 Å². The molecule has 0 spiro atoms. The Morgan fingerprint density at radius 2 is 2.00 bits per heavy atom. The Balaban J connectivity index is 2.51. The maximum Gasteiger partial charge on any atom is 0.312 e. The van der Waals surface area contributed by atoms with Gasteiger partial charge in [0.1, 0.15) is 11.6 Å². The quantitative estimate of drug-likeness (QED) is 0.461. The predicted octanol–water partition coefficient (Wildman–Crippen LogP) is 4.49. The van der Waals surface area contributed by atoms with Crippen LogP contribution in [0.4, 0.5) is 10.1 Å². The number of halogens is 2. The molecule has 0 bridgehead atoms. The Morgan fingerprint density at radius 3 is 2.62 bits per heavy atom. The third-order valence-electron chi connectivity index (χ3n) is 2.67. The van der Waals surface area contributed by atoms with Crippen LogP contribution in [0.1, 0.15) is 17.3 Å². The summed E-state index contributed by atoms with van der Waals surface area (Å²) in [5.41, 5.74) is -0.530. The Bertz CT molecular complexity index is 733. The van der Waals surface area contributed by atoms with Gasteiger partial charge in [0.15, 0.2) is 5.78 Å². The van der Waals surface area contributed by atoms with Crippen LogP contribution in [0.5, 0.6) is 11.5 Å². The van der Waals surface area contributed by atoms with Crippen LogP contribution in [-0.4, -0.2) is 10.7 Å². The second-order valence-electron chi connectivity index (χ2n) is 4.14. The van der Waals surface area contributed by atoms with Crippen molar-refractivity contribution in [3.05, 3.63) is 62.4 Å². The normalized spacial score (nSPS) is 10.2. The van der Waals surface area contributed by atoms with Gasteiger partial charge >= 0.3 is 5.69 Å². The Morgan fingerprint density at radius 1 is 1.29 bits per heavy atom. The summed E-state index contributed by atoms with van der Waals surface area (Å²) in [5.74, 6) is -1.40. The molecule has 0 heterocycles. The second-order valence-corrected chi connectivity index (χ2v) is 5.06. The van der Waals surface area contributed by atoms with Crippen molar-refractivity contribution in [2.45, 2.75) is 6.92 Å². The minimum atomic E-state index is -0.736. The third-order valence-corrected chi connectivity index (χ3v) is 3.16. The highest BCUT2D eigenvalue weighted by Crippen LogP contribution is 2.35. The van der Waals surface area contributed by atoms with Crippen molar-refractivity contribution in [2.75, 3.05) is 0 Å². The van der Waals surface area contributed by atoms with Gasteiger partial charge in [-0.3, -0.25) is 14.9 Å². The summed E-state index contributed by atoms with van der Waals surface area (Å²) in [7, 11) is 0. The van der Waals surface area contributed by atoms with Crippen molar-refractivity contribution in [3.63, 3.8) is 0 Å². The number of rotatable bonds is 4. The molecule has 0 radical (unpaired) electrons. The van der Waals surface area contributed by atoms with Crippen molar-refractivity contribution < 1.29 is 18.8 Å². The highest BCUT2D eigenvalue weighted by Gasteiger charge is 2.20. The summed E-state index contributed by atoms with van der Waals surface area (Å²) in [6.07, 6.45) is 0. The SMILES string of the molecule is CC(=O)c1c(F)cccc1Oc1ccc(Br)cc1[N+](=O)[O-]. The van der Waals surface area contributed by atoms with Crippen LogP contribution >= 0.6 is 15.9 Å². The van der Waals surface area contributed by atoms with E-state index in [0.29, 0.717) is 4.47 Å². The van der Waals surface area contributed by atoms with Gasteiger partial charge in [-0.2, -0.15) is 0 Å². The van der Waals surface area contributed by atoms with Gasteiger partial charge in [-0.1, -0.05) is 22.0 Å². The highest BCUT2D eigenvalue weighted by molar-refractivity contribution is 9.10. The molecule has 2 aromatic rings. The summed E-state index contributed by atoms with van der Waals surface area (Å²) in [4.78, 5) is 21.9. The van der Waals surface area contributed by atoms with Gasteiger partial charge in [-0.15, -0.1) is 0 Å². The van der Waals surface area contributed by atoms with Crippen molar-refractivity contribution in [2.24, 2.45) is 0 Å². The Labute approximate surface area is 127 Å². The molecule has 5 nitrogen and oxygen atoms in total. The summed E-state index contributed by atoms with van der Waals surface area (Å²) < 4.78 is 19.6. The van der Waals surface area contributed by atoms with Crippen LogP contribution < -0.4 is 4.74 Å². The van der Waals surface area contributed by atoms with Gasteiger partial charge in [0, 0.05) is 10.5 Å². The number of nitro groups is 1. The average Bonchev–Trinajstić information content (AvgIpc) is 2.40. The van der Waals surface area contributed by atoms with E-state index in [9.17, 15) is 19.3 Å². The smallest absolute Gasteiger partial charge is 0.312 e. The van der Waals surface area contributed by atoms with Gasteiger partial charge < -0.3 is 4.74 Å². The monoisotopic (exact) mass is 353 g/mol. The highest BCUT2D eigenvalue weighted by atomic mass is 79.9. The van der Waals surface area contributed by atoms with Crippen molar-refractivity contribution >= 4 is 27.4 Å². The van der Waals surface area contributed by atoms with Crippen LogP contribution in [0.15, 0.2) is 40.9 Å². The Kier molecular flexibility index (Phi) is 4.32. The minimum Gasteiger partial charge on any atom is -0.449 e. The lowest BCUT2D eigenvalue weighted by molar-refractivity contribution is -0.385. The lowest BCUT2D eigenvalue weighted by Gasteiger charge is -2.10. The van der Waals surface area contributed by atoms with Crippen molar-refractivity contribution in [3.8, 4) is 11.5 Å². The number of hydrogen-bond acceptors (Lipinski definition) is 4. The topological polar surface area (TPSA) is 69.4 Å². The van der Waals surface area contributed by atoms with Gasteiger partial charge in [-0.05, 0) is 31.2 Å². The number of nitrogens with zero attached hydrogens (tertiary/aromatic N) is 1. The summed E-state index contributed by atoms with van der Waals surface area (Å²) in [6.45, 7) is 1.20. The van der Waals surface area contributed by atoms with Gasteiger partial charge in [-0.25, -0.2) is 4.39 Å². The molecule has 0 aliphatic heterocycles. The number of benzene rings is 2. The zero-order chi connectivity index (χ0) is 15.6. The summed E-state index contributed by atoms with van der Waals surface area (Å²) in [6, 6.07) is 8.06. The van der Waals surface area contributed by atoms with Crippen LogP contribution in [0.25, 0.3) is 0 Å². The fraction of sp³-hybridized carbons (Fsp3) is 0.0714. The van der Waals surface area contributed by atoms with E-state index in [1.807, 2.05) is 0 Å². The number of Topliss-reactive ketones (excluding diaryl/α,β-unsaturated/α-hetero) is 1. The molecule has 7 heteroatoms. The van der Waals surface area contributed by atoms with Gasteiger partial charge in [0.2, 0.25) is 5.75 Å². The van der Waals surface area contributed by atoms with E-state index >= 15 is 0 Å². The molecule has 2 aromatic carbocycles. The van der Waals surface area contributed by atoms with Crippen LogP contribution in [-0.2, 0) is 0 Å². The summed E-state index contributed by atoms with van der Waals surface area (Å²) in [5, 5.41) is 11.0. The molecule has 0 aromatic heterocycles.